The molecular weight excluding hydrogens is 422 g/mol. The molecule has 2 aromatic rings. The number of carbonyl (C=O) groups excluding carboxylic acids is 1. The summed E-state index contributed by atoms with van der Waals surface area (Å²) in [5.41, 5.74) is 6.82. The number of nitrogens with one attached hydrogen (secondary N) is 1. The highest BCUT2D eigenvalue weighted by Crippen LogP contribution is 2.25. The Morgan fingerprint density at radius 3 is 2.77 bits per heavy atom. The van der Waals surface area contributed by atoms with E-state index in [9.17, 15) is 13.2 Å². The van der Waals surface area contributed by atoms with Crippen LogP contribution >= 0.6 is 0 Å². The molecule has 168 valence electrons. The Bertz CT molecular complexity index is 1060. The van der Waals surface area contributed by atoms with Crippen LogP contribution in [0.25, 0.3) is 0 Å². The monoisotopic (exact) mass is 449 g/mol. The molecule has 3 N–H and O–H groups in total. The van der Waals surface area contributed by atoms with E-state index in [1.807, 2.05) is 11.8 Å². The van der Waals surface area contributed by atoms with Gasteiger partial charge in [0, 0.05) is 43.6 Å². The van der Waals surface area contributed by atoms with Crippen LogP contribution < -0.4 is 20.1 Å². The van der Waals surface area contributed by atoms with Crippen LogP contribution in [0.5, 0.6) is 5.75 Å². The summed E-state index contributed by atoms with van der Waals surface area (Å²) in [6, 6.07) is 6.03. The van der Waals surface area contributed by atoms with Crippen molar-refractivity contribution in [3.8, 4) is 5.75 Å². The third-order valence-corrected chi connectivity index (χ3v) is 6.58. The van der Waals surface area contributed by atoms with Crippen LogP contribution in [0, 0.1) is 13.8 Å². The summed E-state index contributed by atoms with van der Waals surface area (Å²) in [6.45, 7) is 5.39. The first kappa shape index (κ1) is 22.9. The third-order valence-electron chi connectivity index (χ3n) is 5.07. The van der Waals surface area contributed by atoms with Crippen LogP contribution in [-0.2, 0) is 14.8 Å². The Morgan fingerprint density at radius 2 is 2.06 bits per heavy atom. The quantitative estimate of drug-likeness (QED) is 0.536. The van der Waals surface area contributed by atoms with Crippen LogP contribution in [0.15, 0.2) is 29.2 Å². The van der Waals surface area contributed by atoms with Gasteiger partial charge in [-0.15, -0.1) is 0 Å². The molecule has 11 heteroatoms. The molecule has 31 heavy (non-hydrogen) atoms. The smallest absolute Gasteiger partial charge is 0.286 e. The molecule has 1 aromatic carbocycles. The van der Waals surface area contributed by atoms with Gasteiger partial charge in [0.2, 0.25) is 15.8 Å². The summed E-state index contributed by atoms with van der Waals surface area (Å²) in [6.07, 6.45) is 0.595. The topological polar surface area (TPSA) is 137 Å². The average Bonchev–Trinajstić information content (AvgIpc) is 3.17. The molecule has 1 aliphatic heterocycles. The average molecular weight is 450 g/mol. The van der Waals surface area contributed by atoms with Gasteiger partial charge in [-0.05, 0) is 32.4 Å². The van der Waals surface area contributed by atoms with Crippen molar-refractivity contribution in [2.45, 2.75) is 31.2 Å². The molecule has 0 radical (unpaired) electrons. The van der Waals surface area contributed by atoms with Crippen LogP contribution in [0.3, 0.4) is 0 Å². The summed E-state index contributed by atoms with van der Waals surface area (Å²) in [5, 5.41) is 0. The first-order valence-electron chi connectivity index (χ1n) is 9.85. The zero-order valence-corrected chi connectivity index (χ0v) is 18.6. The number of benzene rings is 1. The lowest BCUT2D eigenvalue weighted by Gasteiger charge is -2.21. The van der Waals surface area contributed by atoms with Crippen LogP contribution in [-0.4, -0.2) is 63.7 Å². The van der Waals surface area contributed by atoms with E-state index < -0.39 is 15.9 Å². The number of nitrogens with zero attached hydrogens (tertiary/aromatic N) is 3. The summed E-state index contributed by atoms with van der Waals surface area (Å²) >= 11 is 0. The van der Waals surface area contributed by atoms with Gasteiger partial charge in [-0.1, -0.05) is 6.07 Å². The minimum absolute atomic E-state index is 0.0487. The first-order valence-corrected chi connectivity index (χ1v) is 11.3. The molecule has 2 heterocycles. The summed E-state index contributed by atoms with van der Waals surface area (Å²) in [4.78, 5) is 22.0. The molecule has 1 aromatic heterocycles. The predicted octanol–water partition coefficient (Wildman–Crippen LogP) is 0.775. The lowest BCUT2D eigenvalue weighted by Crippen LogP contribution is -2.37. The molecule has 1 aliphatic rings. The van der Waals surface area contributed by atoms with Gasteiger partial charge >= 0.3 is 0 Å². The van der Waals surface area contributed by atoms with E-state index in [-0.39, 0.29) is 16.8 Å². The Hall–Kier alpha value is -2.76. The molecule has 0 unspecified atom stereocenters. The minimum Gasteiger partial charge on any atom is -0.491 e. The van der Waals surface area contributed by atoms with Gasteiger partial charge in [0.25, 0.3) is 5.91 Å². The molecule has 1 saturated heterocycles. The summed E-state index contributed by atoms with van der Waals surface area (Å²) < 4.78 is 39.0. The largest absolute Gasteiger partial charge is 0.491 e. The Morgan fingerprint density at radius 1 is 1.29 bits per heavy atom. The second-order valence-electron chi connectivity index (χ2n) is 7.31. The normalized spacial score (nSPS) is 16.5. The zero-order valence-electron chi connectivity index (χ0n) is 17.8. The van der Waals surface area contributed by atoms with E-state index in [2.05, 4.69) is 14.7 Å². The number of ether oxygens (including phenoxy) is 2. The Labute approximate surface area is 181 Å². The molecule has 0 spiro atoms. The number of primary amides is 1. The number of carbonyl (C=O) groups is 1. The van der Waals surface area contributed by atoms with Crippen molar-refractivity contribution >= 4 is 21.7 Å². The lowest BCUT2D eigenvalue weighted by atomic mass is 10.2. The second kappa shape index (κ2) is 9.58. The molecule has 0 saturated carbocycles. The van der Waals surface area contributed by atoms with Gasteiger partial charge in [-0.2, -0.15) is 0 Å². The van der Waals surface area contributed by atoms with Crippen molar-refractivity contribution in [3.63, 3.8) is 0 Å². The number of anilines is 1. The van der Waals surface area contributed by atoms with E-state index in [1.165, 1.54) is 12.1 Å². The van der Waals surface area contributed by atoms with Crippen molar-refractivity contribution in [1.82, 2.24) is 14.7 Å². The van der Waals surface area contributed by atoms with Crippen molar-refractivity contribution in [1.29, 1.82) is 0 Å². The van der Waals surface area contributed by atoms with Gasteiger partial charge < -0.3 is 20.1 Å². The van der Waals surface area contributed by atoms with Crippen molar-refractivity contribution in [2.75, 3.05) is 38.3 Å². The molecule has 0 aliphatic carbocycles. The maximum absolute atomic E-state index is 12.9. The van der Waals surface area contributed by atoms with Gasteiger partial charge in [0.15, 0.2) is 0 Å². The molecule has 1 amide bonds. The number of rotatable bonds is 9. The van der Waals surface area contributed by atoms with Gasteiger partial charge in [0.1, 0.15) is 18.2 Å². The number of methoxy groups -OCH3 is 1. The fraction of sp³-hybridized carbons (Fsp3) is 0.450. The molecular formula is C20H27N5O5S. The van der Waals surface area contributed by atoms with Crippen LogP contribution in [0.1, 0.15) is 28.3 Å². The summed E-state index contributed by atoms with van der Waals surface area (Å²) in [7, 11) is -2.17. The van der Waals surface area contributed by atoms with Gasteiger partial charge in [0.05, 0.1) is 11.5 Å². The number of amides is 1. The number of hydrogen-bond acceptors (Lipinski definition) is 8. The van der Waals surface area contributed by atoms with E-state index >= 15 is 0 Å². The Balaban J connectivity index is 1.71. The maximum Gasteiger partial charge on any atom is 0.286 e. The highest BCUT2D eigenvalue weighted by atomic mass is 32.2. The molecule has 10 nitrogen and oxygen atoms in total. The third kappa shape index (κ3) is 5.49. The van der Waals surface area contributed by atoms with Gasteiger partial charge in [-0.25, -0.2) is 23.1 Å². The van der Waals surface area contributed by atoms with Crippen LogP contribution in [0.4, 0.5) is 5.82 Å². The van der Waals surface area contributed by atoms with E-state index in [1.54, 1.807) is 26.2 Å². The van der Waals surface area contributed by atoms with E-state index in [0.29, 0.717) is 50.0 Å². The van der Waals surface area contributed by atoms with E-state index in [0.717, 1.165) is 5.56 Å². The van der Waals surface area contributed by atoms with E-state index in [4.69, 9.17) is 15.2 Å². The Kier molecular flexibility index (Phi) is 7.08. The standard InChI is InChI=1S/C20H27N5O5S/c1-13-14(2)22-19(18(21)26)23-20(13)25-8-7-15(12-25)24-31(27,28)17-6-4-5-16(11-17)30-10-9-29-3/h4-6,11,15,24H,7-10,12H2,1-3H3,(H2,21,26)/t15-/m1/s1. The van der Waals surface area contributed by atoms with Gasteiger partial charge in [-0.3, -0.25) is 4.79 Å². The fourth-order valence-electron chi connectivity index (χ4n) is 3.34. The zero-order chi connectivity index (χ0) is 22.6. The highest BCUT2D eigenvalue weighted by molar-refractivity contribution is 7.89. The lowest BCUT2D eigenvalue weighted by molar-refractivity contribution is 0.0990. The summed E-state index contributed by atoms with van der Waals surface area (Å²) in [5.74, 6) is 0.302. The minimum atomic E-state index is -3.74. The number of aryl methyl sites for hydroxylation is 1. The number of sulfonamides is 1. The first-order chi connectivity index (χ1) is 14.7. The van der Waals surface area contributed by atoms with Crippen LogP contribution in [0.2, 0.25) is 0 Å². The van der Waals surface area contributed by atoms with Crippen molar-refractivity contribution < 1.29 is 22.7 Å². The molecule has 1 fully saturated rings. The number of nitrogens with two attached hydrogens (primary N) is 1. The van der Waals surface area contributed by atoms with Crippen molar-refractivity contribution in [3.05, 3.63) is 41.3 Å². The highest BCUT2D eigenvalue weighted by Gasteiger charge is 2.30. The number of hydrogen-bond donors (Lipinski definition) is 2. The van der Waals surface area contributed by atoms with Crippen molar-refractivity contribution in [2.24, 2.45) is 5.73 Å². The number of aromatic nitrogens is 2. The second-order valence-corrected chi connectivity index (χ2v) is 9.03. The fourth-order valence-corrected chi connectivity index (χ4v) is 4.64. The predicted molar refractivity (Wildman–Crippen MR) is 115 cm³/mol. The maximum atomic E-state index is 12.9. The molecule has 3 rings (SSSR count). The SMILES string of the molecule is COCCOc1cccc(S(=O)(=O)N[C@@H]2CCN(c3nc(C(N)=O)nc(C)c3C)C2)c1. The molecule has 1 atom stereocenters. The molecule has 0 bridgehead atoms.